The number of ether oxygens (including phenoxy) is 1. The lowest BCUT2D eigenvalue weighted by atomic mass is 10.2. The Labute approximate surface area is 112 Å². The van der Waals surface area contributed by atoms with Crippen LogP contribution in [0.1, 0.15) is 24.0 Å². The molecule has 0 fully saturated rings. The van der Waals surface area contributed by atoms with Crippen LogP contribution in [0.15, 0.2) is 30.3 Å². The molecule has 0 spiro atoms. The van der Waals surface area contributed by atoms with Crippen molar-refractivity contribution >= 4 is 11.6 Å². The third kappa shape index (κ3) is 2.99. The summed E-state index contributed by atoms with van der Waals surface area (Å²) in [5.41, 5.74) is 1.92. The number of para-hydroxylation sites is 1. The number of rotatable bonds is 4. The smallest absolute Gasteiger partial charge is 0.167 e. The van der Waals surface area contributed by atoms with Crippen molar-refractivity contribution in [1.29, 1.82) is 0 Å². The Hall–Kier alpha value is -1.61. The molecule has 0 aliphatic carbocycles. The Kier molecular flexibility index (Phi) is 4.15. The van der Waals surface area contributed by atoms with Gasteiger partial charge in [0.1, 0.15) is 17.5 Å². The third-order valence-corrected chi connectivity index (χ3v) is 3.05. The topological polar surface area (TPSA) is 35.0 Å². The van der Waals surface area contributed by atoms with Gasteiger partial charge in [0.25, 0.3) is 0 Å². The molecule has 18 heavy (non-hydrogen) atoms. The summed E-state index contributed by atoms with van der Waals surface area (Å²) < 4.78 is 5.60. The first-order valence-electron chi connectivity index (χ1n) is 5.90. The summed E-state index contributed by atoms with van der Waals surface area (Å²) in [7, 11) is 0. The van der Waals surface area contributed by atoms with E-state index in [2.05, 4.69) is 9.97 Å². The quantitative estimate of drug-likeness (QED) is 0.790. The molecule has 0 saturated carbocycles. The fourth-order valence-electron chi connectivity index (χ4n) is 1.65. The second kappa shape index (κ2) is 5.83. The number of halogens is 1. The molecule has 0 saturated heterocycles. The van der Waals surface area contributed by atoms with Gasteiger partial charge in [-0.3, -0.25) is 0 Å². The highest BCUT2D eigenvalue weighted by atomic mass is 35.5. The van der Waals surface area contributed by atoms with Gasteiger partial charge in [0.05, 0.1) is 0 Å². The van der Waals surface area contributed by atoms with Gasteiger partial charge < -0.3 is 4.74 Å². The van der Waals surface area contributed by atoms with Gasteiger partial charge in [0.2, 0.25) is 0 Å². The second-order valence-corrected chi connectivity index (χ2v) is 4.32. The molecule has 0 aliphatic rings. The predicted molar refractivity (Wildman–Crippen MR) is 71.9 cm³/mol. The van der Waals surface area contributed by atoms with Gasteiger partial charge in [-0.2, -0.15) is 0 Å². The zero-order valence-corrected chi connectivity index (χ0v) is 11.2. The lowest BCUT2D eigenvalue weighted by molar-refractivity contribution is 0.295. The van der Waals surface area contributed by atoms with E-state index in [-0.39, 0.29) is 0 Å². The first-order chi connectivity index (χ1) is 8.70. The van der Waals surface area contributed by atoms with E-state index < -0.39 is 0 Å². The van der Waals surface area contributed by atoms with E-state index in [0.29, 0.717) is 17.6 Å². The summed E-state index contributed by atoms with van der Waals surface area (Å²) >= 11 is 6.07. The molecule has 4 heteroatoms. The Balaban J connectivity index is 2.13. The molecule has 0 radical (unpaired) electrons. The summed E-state index contributed by atoms with van der Waals surface area (Å²) in [6.45, 7) is 4.31. The maximum Gasteiger partial charge on any atom is 0.167 e. The summed E-state index contributed by atoms with van der Waals surface area (Å²) in [5, 5.41) is 0.508. The molecule has 2 rings (SSSR count). The molecular weight excluding hydrogens is 248 g/mol. The lowest BCUT2D eigenvalue weighted by Crippen LogP contribution is -2.06. The molecule has 2 aromatic rings. The van der Waals surface area contributed by atoms with Crippen molar-refractivity contribution in [3.63, 3.8) is 0 Å². The predicted octanol–water partition coefficient (Wildman–Crippen LogP) is 3.58. The van der Waals surface area contributed by atoms with Crippen molar-refractivity contribution in [2.75, 3.05) is 0 Å². The van der Waals surface area contributed by atoms with E-state index in [1.54, 1.807) is 0 Å². The molecule has 94 valence electrons. The normalized spacial score (nSPS) is 10.4. The highest BCUT2D eigenvalue weighted by molar-refractivity contribution is 6.30. The summed E-state index contributed by atoms with van der Waals surface area (Å²) in [6, 6.07) is 9.60. The van der Waals surface area contributed by atoms with Crippen LogP contribution in [0.3, 0.4) is 0 Å². The number of hydrogen-bond donors (Lipinski definition) is 0. The van der Waals surface area contributed by atoms with Crippen LogP contribution in [-0.4, -0.2) is 9.97 Å². The molecule has 0 bridgehead atoms. The first kappa shape index (κ1) is 12.8. The van der Waals surface area contributed by atoms with Crippen molar-refractivity contribution in [2.24, 2.45) is 0 Å². The van der Waals surface area contributed by atoms with Gasteiger partial charge in [0.15, 0.2) is 5.82 Å². The number of hydrogen-bond acceptors (Lipinski definition) is 3. The van der Waals surface area contributed by atoms with Crippen molar-refractivity contribution < 1.29 is 4.74 Å². The maximum atomic E-state index is 6.07. The minimum atomic E-state index is 0.330. The standard InChI is InChI=1S/C14H15ClN2O/c1-3-12-10(2)14(15)17-13(16-12)9-18-11-7-5-4-6-8-11/h4-8H,3,9H2,1-2H3. The second-order valence-electron chi connectivity index (χ2n) is 3.96. The fraction of sp³-hybridized carbons (Fsp3) is 0.286. The van der Waals surface area contributed by atoms with Crippen LogP contribution in [0.2, 0.25) is 5.15 Å². The minimum absolute atomic E-state index is 0.330. The van der Waals surface area contributed by atoms with Crippen LogP contribution in [-0.2, 0) is 13.0 Å². The number of benzene rings is 1. The molecule has 1 heterocycles. The SMILES string of the molecule is CCc1nc(COc2ccccc2)nc(Cl)c1C. The van der Waals surface area contributed by atoms with Crippen LogP contribution in [0.5, 0.6) is 5.75 Å². The van der Waals surface area contributed by atoms with Gasteiger partial charge in [-0.1, -0.05) is 36.7 Å². The molecule has 0 atom stereocenters. The highest BCUT2D eigenvalue weighted by Gasteiger charge is 2.08. The molecule has 1 aromatic carbocycles. The van der Waals surface area contributed by atoms with Crippen LogP contribution in [0, 0.1) is 6.92 Å². The van der Waals surface area contributed by atoms with Crippen molar-refractivity contribution in [2.45, 2.75) is 26.9 Å². The van der Waals surface area contributed by atoms with Crippen LogP contribution < -0.4 is 4.74 Å². The Bertz CT molecular complexity index is 529. The van der Waals surface area contributed by atoms with Crippen LogP contribution in [0.25, 0.3) is 0 Å². The molecule has 0 N–H and O–H groups in total. The zero-order chi connectivity index (χ0) is 13.0. The van der Waals surface area contributed by atoms with Gasteiger partial charge in [-0.05, 0) is 25.5 Å². The van der Waals surface area contributed by atoms with E-state index in [1.807, 2.05) is 44.2 Å². The average Bonchev–Trinajstić information content (AvgIpc) is 2.41. The van der Waals surface area contributed by atoms with Crippen LogP contribution >= 0.6 is 11.6 Å². The molecule has 0 aliphatic heterocycles. The third-order valence-electron chi connectivity index (χ3n) is 2.68. The van der Waals surface area contributed by atoms with E-state index in [9.17, 15) is 0 Å². The number of aromatic nitrogens is 2. The first-order valence-corrected chi connectivity index (χ1v) is 6.28. The Morgan fingerprint density at radius 3 is 2.56 bits per heavy atom. The average molecular weight is 263 g/mol. The molecule has 0 unspecified atom stereocenters. The lowest BCUT2D eigenvalue weighted by Gasteiger charge is -2.09. The Morgan fingerprint density at radius 1 is 1.17 bits per heavy atom. The molecular formula is C14H15ClN2O. The fourth-order valence-corrected chi connectivity index (χ4v) is 1.86. The summed E-state index contributed by atoms with van der Waals surface area (Å²) in [6.07, 6.45) is 0.840. The molecule has 3 nitrogen and oxygen atoms in total. The summed E-state index contributed by atoms with van der Waals surface area (Å²) in [4.78, 5) is 8.67. The van der Waals surface area contributed by atoms with Gasteiger partial charge >= 0.3 is 0 Å². The van der Waals surface area contributed by atoms with Crippen LogP contribution in [0.4, 0.5) is 0 Å². The maximum absolute atomic E-state index is 6.07. The van der Waals surface area contributed by atoms with E-state index in [4.69, 9.17) is 16.3 Å². The molecule has 0 amide bonds. The van der Waals surface area contributed by atoms with E-state index in [1.165, 1.54) is 0 Å². The van der Waals surface area contributed by atoms with Crippen molar-refractivity contribution in [1.82, 2.24) is 9.97 Å². The van der Waals surface area contributed by atoms with Gasteiger partial charge in [0, 0.05) is 11.3 Å². The minimum Gasteiger partial charge on any atom is -0.486 e. The summed E-state index contributed by atoms with van der Waals surface area (Å²) in [5.74, 6) is 1.42. The number of aryl methyl sites for hydroxylation is 1. The van der Waals surface area contributed by atoms with Crippen molar-refractivity contribution in [3.05, 3.63) is 52.6 Å². The van der Waals surface area contributed by atoms with E-state index >= 15 is 0 Å². The van der Waals surface area contributed by atoms with Gasteiger partial charge in [-0.15, -0.1) is 0 Å². The largest absolute Gasteiger partial charge is 0.486 e. The number of nitrogens with zero attached hydrogens (tertiary/aromatic N) is 2. The van der Waals surface area contributed by atoms with Crippen molar-refractivity contribution in [3.8, 4) is 5.75 Å². The molecule has 1 aromatic heterocycles. The van der Waals surface area contributed by atoms with E-state index in [0.717, 1.165) is 23.4 Å². The monoisotopic (exact) mass is 262 g/mol. The Morgan fingerprint density at radius 2 is 1.89 bits per heavy atom. The van der Waals surface area contributed by atoms with Gasteiger partial charge in [-0.25, -0.2) is 9.97 Å². The highest BCUT2D eigenvalue weighted by Crippen LogP contribution is 2.17. The zero-order valence-electron chi connectivity index (χ0n) is 10.5.